The van der Waals surface area contributed by atoms with E-state index in [0.717, 1.165) is 17.7 Å². The van der Waals surface area contributed by atoms with Crippen molar-refractivity contribution in [2.24, 2.45) is 0 Å². The molecule has 1 atom stereocenters. The molecule has 0 spiro atoms. The van der Waals surface area contributed by atoms with Crippen LogP contribution in [0.15, 0.2) is 27.2 Å². The van der Waals surface area contributed by atoms with Gasteiger partial charge < -0.3 is 9.73 Å². The van der Waals surface area contributed by atoms with Gasteiger partial charge in [-0.3, -0.25) is 4.79 Å². The molecule has 2 heterocycles. The van der Waals surface area contributed by atoms with Gasteiger partial charge in [0.1, 0.15) is 0 Å². The largest absolute Gasteiger partial charge is 0.410 e. The van der Waals surface area contributed by atoms with Crippen LogP contribution in [0.3, 0.4) is 0 Å². The van der Waals surface area contributed by atoms with E-state index in [1.165, 1.54) is 37.4 Å². The van der Waals surface area contributed by atoms with Crippen molar-refractivity contribution >= 4 is 29.0 Å². The minimum atomic E-state index is -0.241. The summed E-state index contributed by atoms with van der Waals surface area (Å²) in [5, 5.41) is 13.4. The normalized spacial score (nSPS) is 17.6. The van der Waals surface area contributed by atoms with Gasteiger partial charge in [-0.1, -0.05) is 43.5 Å². The van der Waals surface area contributed by atoms with Crippen LogP contribution in [-0.4, -0.2) is 27.4 Å². The molecule has 1 unspecified atom stereocenters. The number of thiophene rings is 1. The number of carbonyl (C=O) groups is 1. The molecule has 0 radical (unpaired) electrons. The summed E-state index contributed by atoms with van der Waals surface area (Å²) in [6.07, 6.45) is 7.16. The third kappa shape index (κ3) is 4.57. The van der Waals surface area contributed by atoms with Gasteiger partial charge in [-0.05, 0) is 31.2 Å². The molecule has 1 N–H and O–H groups in total. The van der Waals surface area contributed by atoms with Crippen molar-refractivity contribution in [2.45, 2.75) is 62.0 Å². The summed E-state index contributed by atoms with van der Waals surface area (Å²) in [6, 6.07) is 4.20. The van der Waals surface area contributed by atoms with E-state index in [9.17, 15) is 4.79 Å². The Morgan fingerprint density at radius 3 is 2.83 bits per heavy atom. The van der Waals surface area contributed by atoms with Crippen molar-refractivity contribution in [3.63, 3.8) is 0 Å². The maximum Gasteiger partial charge on any atom is 0.277 e. The number of aromatic nitrogens is 2. The third-order valence-electron chi connectivity index (χ3n) is 3.99. The summed E-state index contributed by atoms with van der Waals surface area (Å²) in [4.78, 5) is 13.3. The van der Waals surface area contributed by atoms with E-state index in [4.69, 9.17) is 4.42 Å². The van der Waals surface area contributed by atoms with Crippen LogP contribution in [0, 0.1) is 0 Å². The fraction of sp³-hybridized carbons (Fsp3) is 0.562. The SMILES string of the molecule is CC(Sc1nnc(-c2cccs2)o1)C(=O)NC1CCCCCC1. The Kier molecular flexibility index (Phi) is 5.72. The summed E-state index contributed by atoms with van der Waals surface area (Å²) in [6.45, 7) is 1.88. The van der Waals surface area contributed by atoms with Gasteiger partial charge in [0, 0.05) is 6.04 Å². The maximum absolute atomic E-state index is 12.3. The number of hydrogen-bond donors (Lipinski definition) is 1. The molecule has 124 valence electrons. The van der Waals surface area contributed by atoms with Crippen molar-refractivity contribution in [1.82, 2.24) is 15.5 Å². The molecule has 7 heteroatoms. The number of amides is 1. The number of nitrogens with zero attached hydrogens (tertiary/aromatic N) is 2. The molecular weight excluding hydrogens is 330 g/mol. The van der Waals surface area contributed by atoms with Gasteiger partial charge in [-0.25, -0.2) is 0 Å². The lowest BCUT2D eigenvalue weighted by atomic mass is 10.1. The minimum absolute atomic E-state index is 0.0535. The molecule has 0 aromatic carbocycles. The molecular formula is C16H21N3O2S2. The third-order valence-corrected chi connectivity index (χ3v) is 5.78. The van der Waals surface area contributed by atoms with Gasteiger partial charge in [-0.15, -0.1) is 21.5 Å². The van der Waals surface area contributed by atoms with Gasteiger partial charge in [0.15, 0.2) is 0 Å². The summed E-state index contributed by atoms with van der Waals surface area (Å²) < 4.78 is 5.63. The summed E-state index contributed by atoms with van der Waals surface area (Å²) in [5.41, 5.74) is 0. The minimum Gasteiger partial charge on any atom is -0.410 e. The van der Waals surface area contributed by atoms with E-state index in [-0.39, 0.29) is 11.2 Å². The summed E-state index contributed by atoms with van der Waals surface area (Å²) >= 11 is 2.87. The number of carbonyl (C=O) groups excluding carboxylic acids is 1. The molecule has 5 nitrogen and oxygen atoms in total. The lowest BCUT2D eigenvalue weighted by Gasteiger charge is -2.18. The molecule has 2 aromatic rings. The predicted octanol–water partition coefficient (Wildman–Crippen LogP) is 4.12. The second-order valence-corrected chi connectivity index (χ2v) is 8.05. The Hall–Kier alpha value is -1.34. The Balaban J connectivity index is 1.53. The molecule has 1 fully saturated rings. The zero-order valence-electron chi connectivity index (χ0n) is 13.2. The average Bonchev–Trinajstić information content (AvgIpc) is 3.16. The fourth-order valence-electron chi connectivity index (χ4n) is 2.70. The molecule has 1 aliphatic carbocycles. The lowest BCUT2D eigenvalue weighted by molar-refractivity contribution is -0.121. The molecule has 23 heavy (non-hydrogen) atoms. The van der Waals surface area contributed by atoms with Crippen LogP contribution in [0.4, 0.5) is 0 Å². The zero-order chi connectivity index (χ0) is 16.1. The van der Waals surface area contributed by atoms with E-state index < -0.39 is 0 Å². The molecule has 1 aliphatic rings. The van der Waals surface area contributed by atoms with Crippen molar-refractivity contribution in [2.75, 3.05) is 0 Å². The smallest absolute Gasteiger partial charge is 0.277 e. The molecule has 1 amide bonds. The van der Waals surface area contributed by atoms with E-state index in [1.807, 2.05) is 24.4 Å². The molecule has 1 saturated carbocycles. The quantitative estimate of drug-likeness (QED) is 0.648. The number of rotatable bonds is 5. The fourth-order valence-corrected chi connectivity index (χ4v) is 4.04. The molecule has 0 saturated heterocycles. The van der Waals surface area contributed by atoms with Gasteiger partial charge >= 0.3 is 0 Å². The zero-order valence-corrected chi connectivity index (χ0v) is 14.8. The molecule has 3 rings (SSSR count). The molecule has 2 aromatic heterocycles. The van der Waals surface area contributed by atoms with Crippen molar-refractivity contribution in [1.29, 1.82) is 0 Å². The first kappa shape index (κ1) is 16.5. The van der Waals surface area contributed by atoms with Gasteiger partial charge in [0.05, 0.1) is 10.1 Å². The summed E-state index contributed by atoms with van der Waals surface area (Å²) in [5.74, 6) is 0.566. The van der Waals surface area contributed by atoms with Crippen LogP contribution in [-0.2, 0) is 4.79 Å². The predicted molar refractivity (Wildman–Crippen MR) is 92.6 cm³/mol. The van der Waals surface area contributed by atoms with Crippen LogP contribution in [0.2, 0.25) is 0 Å². The van der Waals surface area contributed by atoms with Crippen molar-refractivity contribution in [3.05, 3.63) is 17.5 Å². The van der Waals surface area contributed by atoms with Crippen LogP contribution < -0.4 is 5.32 Å². The van der Waals surface area contributed by atoms with E-state index in [1.54, 1.807) is 11.3 Å². The van der Waals surface area contributed by atoms with E-state index in [0.29, 0.717) is 17.2 Å². The number of thioether (sulfide) groups is 1. The first-order valence-corrected chi connectivity index (χ1v) is 9.83. The van der Waals surface area contributed by atoms with Crippen molar-refractivity contribution in [3.8, 4) is 10.8 Å². The second-order valence-electron chi connectivity index (χ2n) is 5.81. The topological polar surface area (TPSA) is 68.0 Å². The Bertz CT molecular complexity index is 619. The van der Waals surface area contributed by atoms with Gasteiger partial charge in [0.2, 0.25) is 5.91 Å². The van der Waals surface area contributed by atoms with E-state index in [2.05, 4.69) is 15.5 Å². The molecule has 0 bridgehead atoms. The van der Waals surface area contributed by atoms with Gasteiger partial charge in [0.25, 0.3) is 11.1 Å². The van der Waals surface area contributed by atoms with E-state index >= 15 is 0 Å². The van der Waals surface area contributed by atoms with Crippen LogP contribution in [0.1, 0.15) is 45.4 Å². The average molecular weight is 351 g/mol. The van der Waals surface area contributed by atoms with Gasteiger partial charge in [-0.2, -0.15) is 0 Å². The van der Waals surface area contributed by atoms with Crippen LogP contribution >= 0.6 is 23.1 Å². The number of hydrogen-bond acceptors (Lipinski definition) is 6. The Labute approximate surface area is 144 Å². The van der Waals surface area contributed by atoms with Crippen molar-refractivity contribution < 1.29 is 9.21 Å². The highest BCUT2D eigenvalue weighted by atomic mass is 32.2. The lowest BCUT2D eigenvalue weighted by Crippen LogP contribution is -2.39. The maximum atomic E-state index is 12.3. The highest BCUT2D eigenvalue weighted by Gasteiger charge is 2.22. The monoisotopic (exact) mass is 351 g/mol. The number of nitrogens with one attached hydrogen (secondary N) is 1. The van der Waals surface area contributed by atoms with Crippen LogP contribution in [0.5, 0.6) is 0 Å². The Morgan fingerprint density at radius 2 is 2.13 bits per heavy atom. The summed E-state index contributed by atoms with van der Waals surface area (Å²) in [7, 11) is 0. The first-order valence-electron chi connectivity index (χ1n) is 8.07. The highest BCUT2D eigenvalue weighted by molar-refractivity contribution is 8.00. The second kappa shape index (κ2) is 7.97. The standard InChI is InChI=1S/C16H21N3O2S2/c1-11(14(20)17-12-7-4-2-3-5-8-12)23-16-19-18-15(21-16)13-9-6-10-22-13/h6,9-12H,2-5,7-8H2,1H3,(H,17,20). The molecule has 0 aliphatic heterocycles. The Morgan fingerprint density at radius 1 is 1.35 bits per heavy atom. The van der Waals surface area contributed by atoms with Crippen LogP contribution in [0.25, 0.3) is 10.8 Å². The highest BCUT2D eigenvalue weighted by Crippen LogP contribution is 2.28. The first-order chi connectivity index (χ1) is 11.2.